The van der Waals surface area contributed by atoms with Crippen molar-refractivity contribution in [3.63, 3.8) is 0 Å². The predicted octanol–water partition coefficient (Wildman–Crippen LogP) is 15.4. The number of benzene rings is 7. The average molecular weight is 848 g/mol. The van der Waals surface area contributed by atoms with Crippen LogP contribution in [0.1, 0.15) is 128 Å². The van der Waals surface area contributed by atoms with E-state index in [-0.39, 0.29) is 27.1 Å². The van der Waals surface area contributed by atoms with Crippen molar-refractivity contribution < 1.29 is 4.42 Å². The summed E-state index contributed by atoms with van der Waals surface area (Å²) < 4.78 is 7.01. The molecule has 0 atom stereocenters. The molecule has 12 rings (SSSR count). The summed E-state index contributed by atoms with van der Waals surface area (Å²) in [4.78, 5) is 2.57. The Labute approximate surface area is 386 Å². The summed E-state index contributed by atoms with van der Waals surface area (Å²) in [6, 6.07) is 48.5. The molecule has 0 amide bonds. The standard InChI is InChI=1S/C61H60BN2O/c1-57(2)25-26-58(3,4)46-31-38(23-24-43(46)57)63-50-35-54-40(41-33-47-48(34-53(41)65-54)60(7,8)28-27-59(47,5)6)32-39(50)42-29-37(36-17-12-11-13-18-36)30-52-55(42)62-49-21-16-20-45-56(49)64(52)51-22-15-14-19-44(51)61(45,9)10/h11-24,29-35,63H,25-28H2,1-10H3. The average Bonchev–Trinajstić information content (AvgIpc) is 3.64. The van der Waals surface area contributed by atoms with Crippen molar-refractivity contribution >= 4 is 68.6 Å². The molecule has 323 valence electrons. The zero-order chi connectivity index (χ0) is 45.0. The molecule has 1 N–H and O–H groups in total. The van der Waals surface area contributed by atoms with Crippen LogP contribution in [0.25, 0.3) is 44.2 Å². The number of furan rings is 1. The maximum absolute atomic E-state index is 7.01. The first-order valence-electron chi connectivity index (χ1n) is 24.0. The molecule has 0 unspecified atom stereocenters. The number of fused-ring (bicyclic) bond motifs is 9. The van der Waals surface area contributed by atoms with Gasteiger partial charge in [-0.1, -0.05) is 147 Å². The second kappa shape index (κ2) is 13.5. The molecule has 0 saturated carbocycles. The SMILES string of the molecule is CC1(C)CCC(C)(C)c2cc(Nc3cc4oc5cc6c(cc5c4cc3-c3cc(-c4ccccc4)cc4c3[B]c3cccc5c3N4c3ccccc3C5(C)C)C(C)(C)CCC6(C)C)ccc21. The molecule has 0 bridgehead atoms. The molecular weight excluding hydrogens is 787 g/mol. The largest absolute Gasteiger partial charge is 0.456 e. The Hall–Kier alpha value is -6.00. The fourth-order valence-electron chi connectivity index (χ4n) is 12.3. The smallest absolute Gasteiger partial charge is 0.197 e. The van der Waals surface area contributed by atoms with E-state index in [4.69, 9.17) is 4.42 Å². The van der Waals surface area contributed by atoms with Crippen LogP contribution in [-0.2, 0) is 27.1 Å². The van der Waals surface area contributed by atoms with Gasteiger partial charge in [-0.3, -0.25) is 0 Å². The van der Waals surface area contributed by atoms with Gasteiger partial charge in [-0.25, -0.2) is 0 Å². The van der Waals surface area contributed by atoms with E-state index in [0.29, 0.717) is 0 Å². The van der Waals surface area contributed by atoms with Gasteiger partial charge in [0, 0.05) is 44.9 Å². The normalized spacial score (nSPS) is 18.8. The summed E-state index contributed by atoms with van der Waals surface area (Å²) in [5, 5.41) is 6.41. The van der Waals surface area contributed by atoms with E-state index in [1.807, 2.05) is 0 Å². The minimum absolute atomic E-state index is 0.0747. The van der Waals surface area contributed by atoms with Crippen molar-refractivity contribution in [2.24, 2.45) is 0 Å². The van der Waals surface area contributed by atoms with Gasteiger partial charge in [-0.15, -0.1) is 0 Å². The van der Waals surface area contributed by atoms with Crippen molar-refractivity contribution in [1.29, 1.82) is 0 Å². The lowest BCUT2D eigenvalue weighted by Gasteiger charge is -2.46. The molecule has 2 aliphatic carbocycles. The van der Waals surface area contributed by atoms with Crippen LogP contribution in [0, 0.1) is 0 Å². The highest BCUT2D eigenvalue weighted by Crippen LogP contribution is 2.54. The first-order valence-corrected chi connectivity index (χ1v) is 24.0. The van der Waals surface area contributed by atoms with E-state index in [0.717, 1.165) is 46.3 Å². The van der Waals surface area contributed by atoms with Crippen LogP contribution in [0.2, 0.25) is 0 Å². The molecule has 4 aliphatic rings. The molecule has 7 aromatic carbocycles. The van der Waals surface area contributed by atoms with Crippen LogP contribution in [0.3, 0.4) is 0 Å². The summed E-state index contributed by atoms with van der Waals surface area (Å²) in [6.07, 6.45) is 4.68. The Morgan fingerprint density at radius 1 is 0.477 bits per heavy atom. The Balaban J connectivity index is 1.15. The van der Waals surface area contributed by atoms with Crippen molar-refractivity contribution in [2.75, 3.05) is 10.2 Å². The topological polar surface area (TPSA) is 28.4 Å². The van der Waals surface area contributed by atoms with Gasteiger partial charge in [0.25, 0.3) is 0 Å². The van der Waals surface area contributed by atoms with Gasteiger partial charge >= 0.3 is 0 Å². The third-order valence-electron chi connectivity index (χ3n) is 16.6. The van der Waals surface area contributed by atoms with E-state index in [1.165, 1.54) is 96.3 Å². The van der Waals surface area contributed by atoms with E-state index >= 15 is 0 Å². The van der Waals surface area contributed by atoms with Gasteiger partial charge in [-0.2, -0.15) is 0 Å². The van der Waals surface area contributed by atoms with E-state index in [2.05, 4.69) is 214 Å². The van der Waals surface area contributed by atoms with Crippen LogP contribution >= 0.6 is 0 Å². The first-order chi connectivity index (χ1) is 30.9. The lowest BCUT2D eigenvalue weighted by atomic mass is 9.55. The Bertz CT molecular complexity index is 3310. The zero-order valence-corrected chi connectivity index (χ0v) is 39.9. The third kappa shape index (κ3) is 6.01. The number of hydrogen-bond donors (Lipinski definition) is 1. The summed E-state index contributed by atoms with van der Waals surface area (Å²) in [5.41, 5.74) is 23.6. The molecule has 65 heavy (non-hydrogen) atoms. The van der Waals surface area contributed by atoms with Gasteiger partial charge < -0.3 is 14.6 Å². The van der Waals surface area contributed by atoms with E-state index < -0.39 is 0 Å². The fraction of sp³-hybridized carbons (Fsp3) is 0.311. The molecule has 1 radical (unpaired) electrons. The maximum Gasteiger partial charge on any atom is 0.197 e. The highest BCUT2D eigenvalue weighted by molar-refractivity contribution is 6.73. The highest BCUT2D eigenvalue weighted by Gasteiger charge is 2.42. The van der Waals surface area contributed by atoms with Crippen molar-refractivity contribution in [2.45, 2.75) is 122 Å². The van der Waals surface area contributed by atoms with E-state index in [9.17, 15) is 0 Å². The fourth-order valence-corrected chi connectivity index (χ4v) is 12.3. The molecule has 2 aliphatic heterocycles. The lowest BCUT2D eigenvalue weighted by Crippen LogP contribution is -2.45. The molecule has 3 nitrogen and oxygen atoms in total. The second-order valence-electron chi connectivity index (χ2n) is 23.0. The van der Waals surface area contributed by atoms with Crippen LogP contribution in [0.4, 0.5) is 28.4 Å². The number of para-hydroxylation sites is 2. The molecule has 8 aromatic rings. The Morgan fingerprint density at radius 2 is 1.09 bits per heavy atom. The molecular formula is C61H60BN2O. The Kier molecular flexibility index (Phi) is 8.44. The monoisotopic (exact) mass is 847 g/mol. The quantitative estimate of drug-likeness (QED) is 0.179. The van der Waals surface area contributed by atoms with E-state index in [1.54, 1.807) is 0 Å². The summed E-state index contributed by atoms with van der Waals surface area (Å²) in [7, 11) is 2.46. The van der Waals surface area contributed by atoms with Crippen LogP contribution in [0.15, 0.2) is 132 Å². The molecule has 0 saturated heterocycles. The molecule has 0 fully saturated rings. The summed E-state index contributed by atoms with van der Waals surface area (Å²) in [6.45, 7) is 24.0. The molecule has 1 aromatic heterocycles. The zero-order valence-electron chi connectivity index (χ0n) is 39.9. The molecule has 3 heterocycles. The summed E-state index contributed by atoms with van der Waals surface area (Å²) >= 11 is 0. The van der Waals surface area contributed by atoms with Crippen molar-refractivity contribution in [3.8, 4) is 22.3 Å². The Morgan fingerprint density at radius 3 is 1.83 bits per heavy atom. The van der Waals surface area contributed by atoms with Gasteiger partial charge in [0.1, 0.15) is 11.2 Å². The predicted molar refractivity (Wildman–Crippen MR) is 277 cm³/mol. The van der Waals surface area contributed by atoms with Crippen LogP contribution < -0.4 is 21.1 Å². The van der Waals surface area contributed by atoms with Gasteiger partial charge in [0.15, 0.2) is 7.28 Å². The molecule has 4 heteroatoms. The number of anilines is 5. The minimum atomic E-state index is -0.157. The second-order valence-corrected chi connectivity index (χ2v) is 23.0. The van der Waals surface area contributed by atoms with Crippen LogP contribution in [0.5, 0.6) is 0 Å². The highest BCUT2D eigenvalue weighted by atomic mass is 16.3. The lowest BCUT2D eigenvalue weighted by molar-refractivity contribution is 0.332. The number of nitrogens with one attached hydrogen (secondary N) is 1. The van der Waals surface area contributed by atoms with Crippen molar-refractivity contribution in [3.05, 3.63) is 161 Å². The third-order valence-corrected chi connectivity index (χ3v) is 16.6. The van der Waals surface area contributed by atoms with Crippen molar-refractivity contribution in [1.82, 2.24) is 0 Å². The number of rotatable bonds is 4. The number of hydrogen-bond acceptors (Lipinski definition) is 3. The van der Waals surface area contributed by atoms with Crippen LogP contribution in [-0.4, -0.2) is 7.28 Å². The van der Waals surface area contributed by atoms with Gasteiger partial charge in [0.2, 0.25) is 0 Å². The molecule has 0 spiro atoms. The van der Waals surface area contributed by atoms with Gasteiger partial charge in [0.05, 0.1) is 11.4 Å². The first kappa shape index (κ1) is 40.5. The summed E-state index contributed by atoms with van der Waals surface area (Å²) in [5.74, 6) is 0. The minimum Gasteiger partial charge on any atom is -0.456 e. The maximum atomic E-state index is 7.01. The number of nitrogens with zero attached hydrogens (tertiary/aromatic N) is 1. The van der Waals surface area contributed by atoms with Gasteiger partial charge in [-0.05, 0) is 151 Å².